The van der Waals surface area contributed by atoms with Gasteiger partial charge in [-0.15, -0.1) is 6.58 Å². The number of morpholine rings is 1. The highest BCUT2D eigenvalue weighted by Crippen LogP contribution is 2.21. The molecule has 7 nitrogen and oxygen atoms in total. The summed E-state index contributed by atoms with van der Waals surface area (Å²) >= 11 is 0. The molecule has 3 rings (SSSR count). The van der Waals surface area contributed by atoms with Gasteiger partial charge in [-0.1, -0.05) is 24.3 Å². The molecule has 0 N–H and O–H groups in total. The van der Waals surface area contributed by atoms with Crippen LogP contribution in [-0.2, 0) is 19.6 Å². The largest absolute Gasteiger partial charge is 0.484 e. The molecule has 0 radical (unpaired) electrons. The van der Waals surface area contributed by atoms with Crippen LogP contribution in [0.25, 0.3) is 0 Å². The first kappa shape index (κ1) is 21.0. The predicted molar refractivity (Wildman–Crippen MR) is 111 cm³/mol. The number of hydrogen-bond donors (Lipinski definition) is 0. The highest BCUT2D eigenvalue weighted by molar-refractivity contribution is 7.89. The van der Waals surface area contributed by atoms with E-state index in [9.17, 15) is 13.2 Å². The van der Waals surface area contributed by atoms with E-state index in [2.05, 4.69) is 6.58 Å². The van der Waals surface area contributed by atoms with Crippen LogP contribution in [0.2, 0.25) is 0 Å². The molecular weight excluding hydrogens is 392 g/mol. The quantitative estimate of drug-likeness (QED) is 0.618. The minimum Gasteiger partial charge on any atom is -0.484 e. The van der Waals surface area contributed by atoms with Crippen molar-refractivity contribution in [3.05, 3.63) is 67.3 Å². The maximum atomic E-state index is 12.6. The molecule has 154 valence electrons. The Morgan fingerprint density at radius 1 is 1.10 bits per heavy atom. The first-order valence-electron chi connectivity index (χ1n) is 9.29. The van der Waals surface area contributed by atoms with Crippen molar-refractivity contribution in [3.8, 4) is 5.75 Å². The van der Waals surface area contributed by atoms with E-state index in [4.69, 9.17) is 9.47 Å². The van der Waals surface area contributed by atoms with Crippen molar-refractivity contribution in [2.45, 2.75) is 4.90 Å². The van der Waals surface area contributed by atoms with Crippen LogP contribution in [0.4, 0.5) is 5.69 Å². The highest BCUT2D eigenvalue weighted by atomic mass is 32.2. The fourth-order valence-electron chi connectivity index (χ4n) is 2.96. The Morgan fingerprint density at radius 2 is 1.76 bits per heavy atom. The first-order valence-corrected chi connectivity index (χ1v) is 10.7. The van der Waals surface area contributed by atoms with Crippen LogP contribution in [0.3, 0.4) is 0 Å². The Morgan fingerprint density at radius 3 is 2.38 bits per heavy atom. The van der Waals surface area contributed by atoms with E-state index in [-0.39, 0.29) is 17.4 Å². The lowest BCUT2D eigenvalue weighted by Gasteiger charge is -2.26. The van der Waals surface area contributed by atoms with Gasteiger partial charge in [0.1, 0.15) is 5.75 Å². The van der Waals surface area contributed by atoms with Crippen LogP contribution < -0.4 is 9.64 Å². The summed E-state index contributed by atoms with van der Waals surface area (Å²) in [5.74, 6) is 0.201. The van der Waals surface area contributed by atoms with Gasteiger partial charge in [-0.05, 0) is 36.4 Å². The monoisotopic (exact) mass is 416 g/mol. The Kier molecular flexibility index (Phi) is 7.03. The molecule has 1 aliphatic heterocycles. The summed E-state index contributed by atoms with van der Waals surface area (Å²) < 4.78 is 37.5. The van der Waals surface area contributed by atoms with E-state index < -0.39 is 10.0 Å². The van der Waals surface area contributed by atoms with Crippen LogP contribution in [0.1, 0.15) is 0 Å². The maximum absolute atomic E-state index is 12.6. The zero-order valence-corrected chi connectivity index (χ0v) is 16.9. The first-order chi connectivity index (χ1) is 14.0. The van der Waals surface area contributed by atoms with Crippen LogP contribution in [0.15, 0.2) is 72.1 Å². The lowest BCUT2D eigenvalue weighted by molar-refractivity contribution is -0.120. The van der Waals surface area contributed by atoms with Crippen LogP contribution in [-0.4, -0.2) is 58.1 Å². The molecule has 0 aromatic heterocycles. The van der Waals surface area contributed by atoms with E-state index in [0.29, 0.717) is 38.6 Å². The normalized spacial score (nSPS) is 14.9. The molecule has 8 heteroatoms. The number of carbonyl (C=O) groups excluding carboxylic acids is 1. The van der Waals surface area contributed by atoms with Crippen LogP contribution in [0, 0.1) is 0 Å². The average molecular weight is 416 g/mol. The molecule has 0 saturated carbocycles. The van der Waals surface area contributed by atoms with Crippen molar-refractivity contribution >= 4 is 21.6 Å². The fraction of sp³-hybridized carbons (Fsp3) is 0.286. The number of sulfonamides is 1. The summed E-state index contributed by atoms with van der Waals surface area (Å²) in [6, 6.07) is 15.4. The molecule has 1 amide bonds. The second kappa shape index (κ2) is 9.69. The van der Waals surface area contributed by atoms with Gasteiger partial charge in [0, 0.05) is 25.3 Å². The number of para-hydroxylation sites is 1. The Bertz CT molecular complexity index is 923. The van der Waals surface area contributed by atoms with Crippen molar-refractivity contribution in [1.29, 1.82) is 0 Å². The number of nitrogens with zero attached hydrogens (tertiary/aromatic N) is 2. The van der Waals surface area contributed by atoms with Crippen molar-refractivity contribution in [1.82, 2.24) is 4.31 Å². The molecule has 0 aliphatic carbocycles. The standard InChI is InChI=1S/C21H24N2O5S/c1-2-12-23(18-6-4-3-5-7-18)21(24)17-28-19-8-10-20(11-9-19)29(25,26)22-13-15-27-16-14-22/h2-11H,1,12-17H2. The molecule has 29 heavy (non-hydrogen) atoms. The Balaban J connectivity index is 1.63. The summed E-state index contributed by atoms with van der Waals surface area (Å²) in [7, 11) is -3.56. The lowest BCUT2D eigenvalue weighted by Crippen LogP contribution is -2.40. The van der Waals surface area contributed by atoms with Gasteiger partial charge >= 0.3 is 0 Å². The molecular formula is C21H24N2O5S. The summed E-state index contributed by atoms with van der Waals surface area (Å²) in [5, 5.41) is 0. The summed E-state index contributed by atoms with van der Waals surface area (Å²) in [5.41, 5.74) is 0.757. The number of carbonyl (C=O) groups is 1. The number of amides is 1. The molecule has 1 aliphatic rings. The van der Waals surface area contributed by atoms with E-state index >= 15 is 0 Å². The Hall–Kier alpha value is -2.68. The van der Waals surface area contributed by atoms with Gasteiger partial charge in [0.15, 0.2) is 6.61 Å². The third-order valence-corrected chi connectivity index (χ3v) is 6.39. The number of benzene rings is 2. The summed E-state index contributed by atoms with van der Waals surface area (Å²) in [6.45, 7) is 5.36. The smallest absolute Gasteiger partial charge is 0.265 e. The van der Waals surface area contributed by atoms with E-state index in [1.807, 2.05) is 30.3 Å². The third kappa shape index (κ3) is 5.23. The molecule has 1 heterocycles. The van der Waals surface area contributed by atoms with E-state index in [1.54, 1.807) is 23.1 Å². The molecule has 0 unspecified atom stereocenters. The lowest BCUT2D eigenvalue weighted by atomic mass is 10.3. The molecule has 1 saturated heterocycles. The van der Waals surface area contributed by atoms with Gasteiger partial charge in [-0.3, -0.25) is 4.79 Å². The number of anilines is 1. The summed E-state index contributed by atoms with van der Waals surface area (Å²) in [6.07, 6.45) is 1.65. The molecule has 2 aromatic rings. The van der Waals surface area contributed by atoms with Gasteiger partial charge in [-0.2, -0.15) is 4.31 Å². The molecule has 0 atom stereocenters. The molecule has 0 spiro atoms. The van der Waals surface area contributed by atoms with Gasteiger partial charge in [0.05, 0.1) is 18.1 Å². The van der Waals surface area contributed by atoms with Crippen molar-refractivity contribution < 1.29 is 22.7 Å². The Labute approximate surface area is 171 Å². The maximum Gasteiger partial charge on any atom is 0.265 e. The third-order valence-electron chi connectivity index (χ3n) is 4.47. The zero-order chi connectivity index (χ0) is 20.7. The van der Waals surface area contributed by atoms with Crippen molar-refractivity contribution in [2.24, 2.45) is 0 Å². The fourth-order valence-corrected chi connectivity index (χ4v) is 4.36. The van der Waals surface area contributed by atoms with Crippen molar-refractivity contribution in [3.63, 3.8) is 0 Å². The van der Waals surface area contributed by atoms with Crippen LogP contribution >= 0.6 is 0 Å². The topological polar surface area (TPSA) is 76.2 Å². The van der Waals surface area contributed by atoms with E-state index in [1.165, 1.54) is 16.4 Å². The average Bonchev–Trinajstić information content (AvgIpc) is 2.77. The molecule has 0 bridgehead atoms. The molecule has 2 aromatic carbocycles. The van der Waals surface area contributed by atoms with Crippen molar-refractivity contribution in [2.75, 3.05) is 44.4 Å². The second-order valence-corrected chi connectivity index (χ2v) is 8.34. The predicted octanol–water partition coefficient (Wildman–Crippen LogP) is 2.31. The number of hydrogen-bond acceptors (Lipinski definition) is 5. The highest BCUT2D eigenvalue weighted by Gasteiger charge is 2.26. The minimum atomic E-state index is -3.56. The number of rotatable bonds is 8. The molecule has 1 fully saturated rings. The minimum absolute atomic E-state index is 0.168. The van der Waals surface area contributed by atoms with Gasteiger partial charge < -0.3 is 14.4 Å². The van der Waals surface area contributed by atoms with Gasteiger partial charge in [0.25, 0.3) is 5.91 Å². The van der Waals surface area contributed by atoms with Gasteiger partial charge in [-0.25, -0.2) is 8.42 Å². The second-order valence-electron chi connectivity index (χ2n) is 6.41. The SMILES string of the molecule is C=CCN(C(=O)COc1ccc(S(=O)(=O)N2CCOCC2)cc1)c1ccccc1. The van der Waals surface area contributed by atoms with Crippen LogP contribution in [0.5, 0.6) is 5.75 Å². The van der Waals surface area contributed by atoms with E-state index in [0.717, 1.165) is 5.69 Å². The number of ether oxygens (including phenoxy) is 2. The summed E-state index contributed by atoms with van der Waals surface area (Å²) in [4.78, 5) is 14.3. The zero-order valence-electron chi connectivity index (χ0n) is 16.1. The van der Waals surface area contributed by atoms with Gasteiger partial charge in [0.2, 0.25) is 10.0 Å².